The summed E-state index contributed by atoms with van der Waals surface area (Å²) in [5.74, 6) is 0.367. The highest BCUT2D eigenvalue weighted by atomic mass is 16.5. The van der Waals surface area contributed by atoms with Crippen molar-refractivity contribution in [2.24, 2.45) is 5.73 Å². The van der Waals surface area contributed by atoms with Gasteiger partial charge < -0.3 is 20.9 Å². The largest absolute Gasteiger partial charge is 0.491 e. The number of aliphatic hydroxyl groups is 1. The fourth-order valence-electron chi connectivity index (χ4n) is 1.48. The predicted molar refractivity (Wildman–Crippen MR) is 69.2 cm³/mol. The highest BCUT2D eigenvalue weighted by Gasteiger charge is 2.09. The molecule has 0 aliphatic rings. The molecule has 0 bridgehead atoms. The fourth-order valence-corrected chi connectivity index (χ4v) is 1.48. The standard InChI is InChI=1S/C13H20N2O3/c1-10(7-13(14)17)15-8-11(16)9-18-12-5-3-2-4-6-12/h2-6,10-11,15-16H,7-9H2,1H3,(H2,14,17). The van der Waals surface area contributed by atoms with Crippen LogP contribution in [-0.4, -0.2) is 36.3 Å². The molecule has 0 saturated heterocycles. The van der Waals surface area contributed by atoms with Crippen LogP contribution in [0, 0.1) is 0 Å². The molecule has 0 aliphatic heterocycles. The molecule has 1 aromatic carbocycles. The molecule has 5 nitrogen and oxygen atoms in total. The van der Waals surface area contributed by atoms with Crippen LogP contribution in [0.4, 0.5) is 0 Å². The van der Waals surface area contributed by atoms with Crippen LogP contribution in [0.1, 0.15) is 13.3 Å². The Kier molecular flexibility index (Phi) is 6.18. The quantitative estimate of drug-likeness (QED) is 0.620. The molecule has 0 radical (unpaired) electrons. The second kappa shape index (κ2) is 7.68. The van der Waals surface area contributed by atoms with Crippen molar-refractivity contribution in [3.05, 3.63) is 30.3 Å². The number of rotatable bonds is 8. The van der Waals surface area contributed by atoms with Gasteiger partial charge in [-0.25, -0.2) is 0 Å². The van der Waals surface area contributed by atoms with Crippen molar-refractivity contribution in [3.63, 3.8) is 0 Å². The first-order chi connectivity index (χ1) is 8.58. The average molecular weight is 252 g/mol. The molecule has 1 rings (SSSR count). The van der Waals surface area contributed by atoms with E-state index in [1.807, 2.05) is 37.3 Å². The third-order valence-electron chi connectivity index (χ3n) is 2.39. The van der Waals surface area contributed by atoms with E-state index in [-0.39, 0.29) is 25.0 Å². The lowest BCUT2D eigenvalue weighted by molar-refractivity contribution is -0.118. The number of nitrogens with two attached hydrogens (primary N) is 1. The summed E-state index contributed by atoms with van der Waals surface area (Å²) in [5.41, 5.74) is 5.07. The van der Waals surface area contributed by atoms with Gasteiger partial charge in [0.2, 0.25) is 5.91 Å². The summed E-state index contributed by atoms with van der Waals surface area (Å²) in [4.78, 5) is 10.7. The van der Waals surface area contributed by atoms with Gasteiger partial charge in [0.25, 0.3) is 0 Å². The van der Waals surface area contributed by atoms with Gasteiger partial charge in [0.05, 0.1) is 0 Å². The van der Waals surface area contributed by atoms with Gasteiger partial charge in [0.1, 0.15) is 18.5 Å². The van der Waals surface area contributed by atoms with Crippen LogP contribution in [0.3, 0.4) is 0 Å². The molecule has 4 N–H and O–H groups in total. The monoisotopic (exact) mass is 252 g/mol. The molecule has 0 aromatic heterocycles. The van der Waals surface area contributed by atoms with E-state index in [0.29, 0.717) is 6.54 Å². The lowest BCUT2D eigenvalue weighted by Crippen LogP contribution is -2.38. The Bertz CT molecular complexity index is 357. The Morgan fingerprint density at radius 2 is 2.11 bits per heavy atom. The maximum atomic E-state index is 10.7. The van der Waals surface area contributed by atoms with E-state index in [0.717, 1.165) is 5.75 Å². The molecule has 5 heteroatoms. The van der Waals surface area contributed by atoms with Crippen LogP contribution in [0.25, 0.3) is 0 Å². The zero-order valence-electron chi connectivity index (χ0n) is 10.5. The zero-order chi connectivity index (χ0) is 13.4. The molecule has 2 atom stereocenters. The Balaban J connectivity index is 2.18. The minimum absolute atomic E-state index is 0.0473. The summed E-state index contributed by atoms with van der Waals surface area (Å²) >= 11 is 0. The van der Waals surface area contributed by atoms with E-state index in [4.69, 9.17) is 10.5 Å². The molecular formula is C13H20N2O3. The third-order valence-corrected chi connectivity index (χ3v) is 2.39. The topological polar surface area (TPSA) is 84.6 Å². The minimum atomic E-state index is -0.625. The molecule has 0 spiro atoms. The number of benzene rings is 1. The SMILES string of the molecule is CC(CC(N)=O)NCC(O)COc1ccccc1. The highest BCUT2D eigenvalue weighted by Crippen LogP contribution is 2.08. The van der Waals surface area contributed by atoms with Gasteiger partial charge in [-0.1, -0.05) is 18.2 Å². The van der Waals surface area contributed by atoms with E-state index in [1.54, 1.807) is 0 Å². The molecule has 1 aromatic rings. The zero-order valence-corrected chi connectivity index (χ0v) is 10.5. The van der Waals surface area contributed by atoms with Gasteiger partial charge in [-0.3, -0.25) is 4.79 Å². The molecule has 2 unspecified atom stereocenters. The van der Waals surface area contributed by atoms with Gasteiger partial charge in [-0.15, -0.1) is 0 Å². The number of hydrogen-bond donors (Lipinski definition) is 3. The third kappa shape index (κ3) is 6.22. The van der Waals surface area contributed by atoms with Crippen molar-refractivity contribution in [1.29, 1.82) is 0 Å². The van der Waals surface area contributed by atoms with Gasteiger partial charge in [-0.2, -0.15) is 0 Å². The van der Waals surface area contributed by atoms with Crippen LogP contribution in [0.5, 0.6) is 5.75 Å². The number of nitrogens with one attached hydrogen (secondary N) is 1. The van der Waals surface area contributed by atoms with Crippen LogP contribution in [0.2, 0.25) is 0 Å². The summed E-state index contributed by atoms with van der Waals surface area (Å²) in [5, 5.41) is 12.7. The molecule has 0 saturated carbocycles. The van der Waals surface area contributed by atoms with Crippen molar-refractivity contribution < 1.29 is 14.6 Å². The normalized spacial score (nSPS) is 13.9. The van der Waals surface area contributed by atoms with Crippen molar-refractivity contribution in [2.45, 2.75) is 25.5 Å². The number of ether oxygens (including phenoxy) is 1. The van der Waals surface area contributed by atoms with Crippen LogP contribution >= 0.6 is 0 Å². The van der Waals surface area contributed by atoms with Gasteiger partial charge in [-0.05, 0) is 19.1 Å². The minimum Gasteiger partial charge on any atom is -0.491 e. The van der Waals surface area contributed by atoms with Crippen molar-refractivity contribution in [2.75, 3.05) is 13.2 Å². The predicted octanol–water partition coefficient (Wildman–Crippen LogP) is 0.280. The summed E-state index contributed by atoms with van der Waals surface area (Å²) in [7, 11) is 0. The van der Waals surface area contributed by atoms with E-state index >= 15 is 0 Å². The van der Waals surface area contributed by atoms with E-state index in [1.165, 1.54) is 0 Å². The molecule has 0 fully saturated rings. The Morgan fingerprint density at radius 3 is 2.72 bits per heavy atom. The molecule has 0 aliphatic carbocycles. The van der Waals surface area contributed by atoms with Crippen LogP contribution in [-0.2, 0) is 4.79 Å². The maximum Gasteiger partial charge on any atom is 0.218 e. The number of carbonyl (C=O) groups excluding carboxylic acids is 1. The molecule has 18 heavy (non-hydrogen) atoms. The first-order valence-electron chi connectivity index (χ1n) is 5.95. The Morgan fingerprint density at radius 1 is 1.44 bits per heavy atom. The number of amides is 1. The smallest absolute Gasteiger partial charge is 0.218 e. The van der Waals surface area contributed by atoms with E-state index < -0.39 is 6.10 Å². The Hall–Kier alpha value is -1.59. The van der Waals surface area contributed by atoms with Crippen LogP contribution in [0.15, 0.2) is 30.3 Å². The van der Waals surface area contributed by atoms with Crippen molar-refractivity contribution >= 4 is 5.91 Å². The second-order valence-electron chi connectivity index (χ2n) is 4.26. The van der Waals surface area contributed by atoms with E-state index in [2.05, 4.69) is 5.32 Å². The van der Waals surface area contributed by atoms with Crippen molar-refractivity contribution in [3.8, 4) is 5.75 Å². The molecule has 100 valence electrons. The first-order valence-corrected chi connectivity index (χ1v) is 5.95. The van der Waals surface area contributed by atoms with Crippen LogP contribution < -0.4 is 15.8 Å². The number of aliphatic hydroxyl groups excluding tert-OH is 1. The Labute approximate surface area is 107 Å². The lowest BCUT2D eigenvalue weighted by atomic mass is 10.2. The van der Waals surface area contributed by atoms with Gasteiger partial charge >= 0.3 is 0 Å². The summed E-state index contributed by atoms with van der Waals surface area (Å²) in [6, 6.07) is 9.25. The van der Waals surface area contributed by atoms with E-state index in [9.17, 15) is 9.90 Å². The summed E-state index contributed by atoms with van der Waals surface area (Å²) in [6.45, 7) is 2.41. The van der Waals surface area contributed by atoms with Gasteiger partial charge in [0, 0.05) is 19.0 Å². The fraction of sp³-hybridized carbons (Fsp3) is 0.462. The summed E-state index contributed by atoms with van der Waals surface area (Å²) in [6.07, 6.45) is -0.368. The number of primary amides is 1. The van der Waals surface area contributed by atoms with Gasteiger partial charge in [0.15, 0.2) is 0 Å². The molecular weight excluding hydrogens is 232 g/mol. The lowest BCUT2D eigenvalue weighted by Gasteiger charge is -2.16. The first kappa shape index (κ1) is 14.5. The molecule has 0 heterocycles. The molecule has 1 amide bonds. The van der Waals surface area contributed by atoms with Crippen molar-refractivity contribution in [1.82, 2.24) is 5.32 Å². The number of para-hydroxylation sites is 1. The highest BCUT2D eigenvalue weighted by molar-refractivity contribution is 5.74. The number of carbonyl (C=O) groups is 1. The average Bonchev–Trinajstić information content (AvgIpc) is 2.34. The maximum absolute atomic E-state index is 10.7. The second-order valence-corrected chi connectivity index (χ2v) is 4.26. The number of hydrogen-bond acceptors (Lipinski definition) is 4. The summed E-state index contributed by atoms with van der Waals surface area (Å²) < 4.78 is 5.40.